The number of aryl methyl sites for hydroxylation is 1. The molecule has 0 aliphatic heterocycles. The standard InChI is InChI=1S/C14H26BrN3S/c1-5-7-18-14(12(15)8-17-18)13(16-6-2)10-19-9-11(3)4/h8,11,13,16H,5-7,9-10H2,1-4H3. The van der Waals surface area contributed by atoms with Crippen molar-refractivity contribution in [3.8, 4) is 0 Å². The number of halogens is 1. The largest absolute Gasteiger partial charge is 0.308 e. The van der Waals surface area contributed by atoms with E-state index in [1.165, 1.54) is 11.4 Å². The van der Waals surface area contributed by atoms with Crippen molar-refractivity contribution >= 4 is 27.7 Å². The molecule has 1 rings (SSSR count). The van der Waals surface area contributed by atoms with Gasteiger partial charge >= 0.3 is 0 Å². The van der Waals surface area contributed by atoms with Gasteiger partial charge in [-0.15, -0.1) is 0 Å². The molecule has 1 atom stereocenters. The minimum absolute atomic E-state index is 0.372. The molecular formula is C14H26BrN3S. The van der Waals surface area contributed by atoms with Crippen molar-refractivity contribution in [2.75, 3.05) is 18.1 Å². The Morgan fingerprint density at radius 1 is 1.37 bits per heavy atom. The van der Waals surface area contributed by atoms with E-state index < -0.39 is 0 Å². The Bertz CT molecular complexity index is 366. The third kappa shape index (κ3) is 5.48. The molecule has 0 spiro atoms. The fourth-order valence-corrected chi connectivity index (χ4v) is 3.70. The van der Waals surface area contributed by atoms with Crippen LogP contribution in [0.1, 0.15) is 45.9 Å². The molecular weight excluding hydrogens is 322 g/mol. The van der Waals surface area contributed by atoms with E-state index in [2.05, 4.69) is 58.7 Å². The maximum atomic E-state index is 4.47. The lowest BCUT2D eigenvalue weighted by molar-refractivity contribution is 0.506. The molecule has 1 aromatic rings. The van der Waals surface area contributed by atoms with Crippen LogP contribution < -0.4 is 5.32 Å². The number of thioether (sulfide) groups is 1. The highest BCUT2D eigenvalue weighted by molar-refractivity contribution is 9.10. The van der Waals surface area contributed by atoms with Crippen molar-refractivity contribution in [1.82, 2.24) is 15.1 Å². The van der Waals surface area contributed by atoms with Gasteiger partial charge in [0.15, 0.2) is 0 Å². The van der Waals surface area contributed by atoms with Gasteiger partial charge in [0.05, 0.1) is 22.4 Å². The fourth-order valence-electron chi connectivity index (χ4n) is 2.01. The van der Waals surface area contributed by atoms with Crippen LogP contribution in [0.3, 0.4) is 0 Å². The van der Waals surface area contributed by atoms with E-state index >= 15 is 0 Å². The molecule has 1 heterocycles. The predicted octanol–water partition coefficient (Wildman–Crippen LogP) is 4.10. The van der Waals surface area contributed by atoms with Gasteiger partial charge in [-0.05, 0) is 40.6 Å². The zero-order valence-corrected chi connectivity index (χ0v) is 14.9. The molecule has 0 bridgehead atoms. The zero-order chi connectivity index (χ0) is 14.3. The van der Waals surface area contributed by atoms with Crippen LogP contribution in [0.2, 0.25) is 0 Å². The molecule has 0 radical (unpaired) electrons. The first-order valence-electron chi connectivity index (χ1n) is 7.12. The van der Waals surface area contributed by atoms with Gasteiger partial charge in [0.2, 0.25) is 0 Å². The van der Waals surface area contributed by atoms with Crippen LogP contribution in [-0.2, 0) is 6.54 Å². The molecule has 0 aliphatic carbocycles. The minimum Gasteiger partial charge on any atom is -0.308 e. The van der Waals surface area contributed by atoms with Crippen molar-refractivity contribution in [2.45, 2.75) is 46.7 Å². The highest BCUT2D eigenvalue weighted by Gasteiger charge is 2.19. The molecule has 0 aromatic carbocycles. The number of aromatic nitrogens is 2. The second-order valence-corrected chi connectivity index (χ2v) is 7.07. The Morgan fingerprint density at radius 3 is 2.68 bits per heavy atom. The van der Waals surface area contributed by atoms with Gasteiger partial charge in [-0.25, -0.2) is 0 Å². The summed E-state index contributed by atoms with van der Waals surface area (Å²) in [6, 6.07) is 0.372. The minimum atomic E-state index is 0.372. The first-order chi connectivity index (χ1) is 9.10. The third-order valence-corrected chi connectivity index (χ3v) is 4.87. The van der Waals surface area contributed by atoms with Crippen LogP contribution in [0.15, 0.2) is 10.7 Å². The molecule has 0 amide bonds. The van der Waals surface area contributed by atoms with Crippen molar-refractivity contribution in [1.29, 1.82) is 0 Å². The number of nitrogens with one attached hydrogen (secondary N) is 1. The van der Waals surface area contributed by atoms with E-state index in [9.17, 15) is 0 Å². The molecule has 0 saturated heterocycles. The number of nitrogens with zero attached hydrogens (tertiary/aromatic N) is 2. The van der Waals surface area contributed by atoms with Gasteiger partial charge in [0.1, 0.15) is 0 Å². The number of rotatable bonds is 9. The molecule has 0 fully saturated rings. The average Bonchev–Trinajstić information content (AvgIpc) is 2.70. The van der Waals surface area contributed by atoms with E-state index in [0.29, 0.717) is 6.04 Å². The van der Waals surface area contributed by atoms with Gasteiger partial charge in [-0.3, -0.25) is 4.68 Å². The highest BCUT2D eigenvalue weighted by atomic mass is 79.9. The second-order valence-electron chi connectivity index (χ2n) is 5.14. The van der Waals surface area contributed by atoms with Gasteiger partial charge in [-0.2, -0.15) is 16.9 Å². The summed E-state index contributed by atoms with van der Waals surface area (Å²) in [5.41, 5.74) is 1.29. The Labute approximate surface area is 130 Å². The maximum absolute atomic E-state index is 4.47. The van der Waals surface area contributed by atoms with E-state index in [4.69, 9.17) is 0 Å². The van der Waals surface area contributed by atoms with Gasteiger partial charge in [-0.1, -0.05) is 27.7 Å². The fraction of sp³-hybridized carbons (Fsp3) is 0.786. The lowest BCUT2D eigenvalue weighted by Crippen LogP contribution is -2.26. The summed E-state index contributed by atoms with van der Waals surface area (Å²) in [5.74, 6) is 3.05. The van der Waals surface area contributed by atoms with Crippen LogP contribution in [0.4, 0.5) is 0 Å². The highest BCUT2D eigenvalue weighted by Crippen LogP contribution is 2.27. The smallest absolute Gasteiger partial charge is 0.0704 e. The van der Waals surface area contributed by atoms with E-state index in [-0.39, 0.29) is 0 Å². The van der Waals surface area contributed by atoms with Crippen molar-refractivity contribution < 1.29 is 0 Å². The number of hydrogen-bond acceptors (Lipinski definition) is 3. The molecule has 1 N–H and O–H groups in total. The summed E-state index contributed by atoms with van der Waals surface area (Å²) in [4.78, 5) is 0. The molecule has 1 unspecified atom stereocenters. The first-order valence-corrected chi connectivity index (χ1v) is 9.07. The van der Waals surface area contributed by atoms with E-state index in [0.717, 1.165) is 35.7 Å². The lowest BCUT2D eigenvalue weighted by Gasteiger charge is -2.20. The van der Waals surface area contributed by atoms with E-state index in [1.54, 1.807) is 0 Å². The topological polar surface area (TPSA) is 29.9 Å². The summed E-state index contributed by atoms with van der Waals surface area (Å²) >= 11 is 5.66. The zero-order valence-electron chi connectivity index (χ0n) is 12.4. The van der Waals surface area contributed by atoms with Crippen LogP contribution in [0, 0.1) is 5.92 Å². The van der Waals surface area contributed by atoms with Crippen LogP contribution in [0.25, 0.3) is 0 Å². The van der Waals surface area contributed by atoms with Crippen LogP contribution >= 0.6 is 27.7 Å². The quantitative estimate of drug-likeness (QED) is 0.729. The Kier molecular flexibility index (Phi) is 8.11. The third-order valence-electron chi connectivity index (χ3n) is 2.78. The Balaban J connectivity index is 2.76. The summed E-state index contributed by atoms with van der Waals surface area (Å²) in [5, 5.41) is 8.06. The first kappa shape index (κ1) is 17.1. The maximum Gasteiger partial charge on any atom is 0.0704 e. The average molecular weight is 348 g/mol. The van der Waals surface area contributed by atoms with Gasteiger partial charge in [0.25, 0.3) is 0 Å². The second kappa shape index (κ2) is 9.03. The normalized spacial score (nSPS) is 13.2. The van der Waals surface area contributed by atoms with E-state index in [1.807, 2.05) is 18.0 Å². The van der Waals surface area contributed by atoms with Gasteiger partial charge < -0.3 is 5.32 Å². The predicted molar refractivity (Wildman–Crippen MR) is 88.8 cm³/mol. The van der Waals surface area contributed by atoms with Crippen LogP contribution in [0.5, 0.6) is 0 Å². The van der Waals surface area contributed by atoms with Crippen LogP contribution in [-0.4, -0.2) is 27.8 Å². The molecule has 0 saturated carbocycles. The molecule has 1 aromatic heterocycles. The molecule has 19 heavy (non-hydrogen) atoms. The summed E-state index contributed by atoms with van der Waals surface area (Å²) in [6.07, 6.45) is 3.03. The Hall–Kier alpha value is -0.0000000000000000763. The molecule has 3 nitrogen and oxygen atoms in total. The lowest BCUT2D eigenvalue weighted by atomic mass is 10.2. The van der Waals surface area contributed by atoms with Crippen molar-refractivity contribution in [3.05, 3.63) is 16.4 Å². The summed E-state index contributed by atoms with van der Waals surface area (Å²) in [7, 11) is 0. The molecule has 0 aliphatic rings. The summed E-state index contributed by atoms with van der Waals surface area (Å²) < 4.78 is 3.25. The molecule has 5 heteroatoms. The summed E-state index contributed by atoms with van der Waals surface area (Å²) in [6.45, 7) is 10.9. The van der Waals surface area contributed by atoms with Gasteiger partial charge in [0, 0.05) is 12.3 Å². The Morgan fingerprint density at radius 2 is 2.11 bits per heavy atom. The van der Waals surface area contributed by atoms with Crippen molar-refractivity contribution in [3.63, 3.8) is 0 Å². The number of hydrogen-bond donors (Lipinski definition) is 1. The SMILES string of the molecule is CCCn1ncc(Br)c1C(CSCC(C)C)NCC. The van der Waals surface area contributed by atoms with Crippen molar-refractivity contribution in [2.24, 2.45) is 5.92 Å². The monoisotopic (exact) mass is 347 g/mol. The molecule has 110 valence electrons.